The van der Waals surface area contributed by atoms with Crippen LogP contribution < -0.4 is 11.1 Å². The Labute approximate surface area is 108 Å². The molecule has 3 N–H and O–H groups in total. The van der Waals surface area contributed by atoms with Crippen LogP contribution in [0, 0.1) is 0 Å². The third-order valence-electron chi connectivity index (χ3n) is 2.77. The smallest absolute Gasteiger partial charge is 0.281 e. The molecule has 0 atom stereocenters. The van der Waals surface area contributed by atoms with Gasteiger partial charge in [0.1, 0.15) is 0 Å². The van der Waals surface area contributed by atoms with Gasteiger partial charge in [0, 0.05) is 26.7 Å². The van der Waals surface area contributed by atoms with Crippen molar-refractivity contribution in [1.29, 1.82) is 0 Å². The number of hydrogen-bond acceptors (Lipinski definition) is 4. The van der Waals surface area contributed by atoms with Gasteiger partial charge in [-0.15, -0.1) is 0 Å². The lowest BCUT2D eigenvalue weighted by Crippen LogP contribution is -2.45. The normalized spacial score (nSPS) is 16.3. The highest BCUT2D eigenvalue weighted by Gasteiger charge is 2.28. The number of nitrogens with one attached hydrogen (secondary N) is 1. The molecule has 1 rings (SSSR count). The highest BCUT2D eigenvalue weighted by molar-refractivity contribution is 7.86. The maximum atomic E-state index is 12.0. The fraction of sp³-hybridized carbons (Fsp3) is 0.900. The molecule has 0 radical (unpaired) electrons. The topological polar surface area (TPSA) is 95.7 Å². The van der Waals surface area contributed by atoms with Crippen molar-refractivity contribution in [2.24, 2.45) is 5.73 Å². The molecule has 1 saturated carbocycles. The molecule has 106 valence electrons. The molecular weight excluding hydrogens is 256 g/mol. The second kappa shape index (κ2) is 6.46. The summed E-state index contributed by atoms with van der Waals surface area (Å²) in [7, 11) is -0.681. The minimum Gasteiger partial charge on any atom is -0.352 e. The second-order valence-corrected chi connectivity index (χ2v) is 6.71. The van der Waals surface area contributed by atoms with Gasteiger partial charge in [-0.05, 0) is 25.8 Å². The number of rotatable bonds is 8. The summed E-state index contributed by atoms with van der Waals surface area (Å²) in [6, 6.07) is 0.239. The van der Waals surface area contributed by atoms with Gasteiger partial charge >= 0.3 is 0 Å². The summed E-state index contributed by atoms with van der Waals surface area (Å²) in [4.78, 5) is 11.5. The molecular formula is C10H22N4O3S. The van der Waals surface area contributed by atoms with Gasteiger partial charge in [0.15, 0.2) is 0 Å². The Balaban J connectivity index is 2.46. The van der Waals surface area contributed by atoms with Crippen LogP contribution in [-0.4, -0.2) is 62.7 Å². The van der Waals surface area contributed by atoms with Crippen LogP contribution >= 0.6 is 0 Å². The van der Waals surface area contributed by atoms with Crippen molar-refractivity contribution >= 4 is 16.1 Å². The molecule has 0 aromatic heterocycles. The van der Waals surface area contributed by atoms with Crippen LogP contribution in [0.25, 0.3) is 0 Å². The zero-order chi connectivity index (χ0) is 13.8. The van der Waals surface area contributed by atoms with Crippen LogP contribution in [0.3, 0.4) is 0 Å². The third-order valence-corrected chi connectivity index (χ3v) is 4.66. The summed E-state index contributed by atoms with van der Waals surface area (Å²) in [6.45, 7) is 0.644. The first-order chi connectivity index (χ1) is 8.37. The molecule has 0 bridgehead atoms. The van der Waals surface area contributed by atoms with Crippen molar-refractivity contribution in [2.45, 2.75) is 25.3 Å². The number of hydrogen-bond donors (Lipinski definition) is 2. The van der Waals surface area contributed by atoms with E-state index in [0.29, 0.717) is 19.5 Å². The van der Waals surface area contributed by atoms with E-state index in [9.17, 15) is 13.2 Å². The minimum absolute atomic E-state index is 0.147. The largest absolute Gasteiger partial charge is 0.352 e. The first kappa shape index (κ1) is 15.4. The van der Waals surface area contributed by atoms with E-state index >= 15 is 0 Å². The summed E-state index contributed by atoms with van der Waals surface area (Å²) in [6.07, 6.45) is 2.56. The lowest BCUT2D eigenvalue weighted by Gasteiger charge is -2.23. The summed E-state index contributed by atoms with van der Waals surface area (Å²) in [5, 5.41) is 2.76. The molecule has 0 heterocycles. The van der Waals surface area contributed by atoms with Gasteiger partial charge in [-0.1, -0.05) is 0 Å². The highest BCUT2D eigenvalue weighted by Crippen LogP contribution is 2.18. The van der Waals surface area contributed by atoms with Crippen molar-refractivity contribution < 1.29 is 13.2 Å². The van der Waals surface area contributed by atoms with Gasteiger partial charge in [0.05, 0.1) is 6.54 Å². The second-order valence-electron chi connectivity index (χ2n) is 4.57. The van der Waals surface area contributed by atoms with Crippen molar-refractivity contribution in [3.63, 3.8) is 0 Å². The molecule has 0 unspecified atom stereocenters. The maximum Gasteiger partial charge on any atom is 0.281 e. The van der Waals surface area contributed by atoms with E-state index in [4.69, 9.17) is 5.73 Å². The van der Waals surface area contributed by atoms with Crippen LogP contribution in [0.2, 0.25) is 0 Å². The molecule has 7 nitrogen and oxygen atoms in total. The first-order valence-electron chi connectivity index (χ1n) is 6.05. The molecule has 0 aliphatic heterocycles. The van der Waals surface area contributed by atoms with E-state index in [2.05, 4.69) is 5.32 Å². The molecule has 0 spiro atoms. The van der Waals surface area contributed by atoms with Crippen LogP contribution in [0.15, 0.2) is 0 Å². The number of nitrogens with zero attached hydrogens (tertiary/aromatic N) is 2. The maximum absolute atomic E-state index is 12.0. The van der Waals surface area contributed by atoms with E-state index < -0.39 is 10.2 Å². The summed E-state index contributed by atoms with van der Waals surface area (Å²) in [5.41, 5.74) is 5.34. The van der Waals surface area contributed by atoms with Gasteiger partial charge in [0.2, 0.25) is 5.91 Å². The molecule has 1 aliphatic rings. The molecule has 1 aliphatic carbocycles. The SMILES string of the molecule is CN(CCCN)S(=O)(=O)N(C)CC(=O)NC1CC1. The van der Waals surface area contributed by atoms with E-state index in [-0.39, 0.29) is 18.5 Å². The van der Waals surface area contributed by atoms with Gasteiger partial charge in [0.25, 0.3) is 10.2 Å². The lowest BCUT2D eigenvalue weighted by atomic mass is 10.4. The van der Waals surface area contributed by atoms with E-state index in [1.54, 1.807) is 0 Å². The Bertz CT molecular complexity index is 381. The average Bonchev–Trinajstić information content (AvgIpc) is 3.09. The molecule has 0 saturated heterocycles. The average molecular weight is 278 g/mol. The fourth-order valence-corrected chi connectivity index (χ4v) is 2.57. The monoisotopic (exact) mass is 278 g/mol. The number of likely N-dealkylation sites (N-methyl/N-ethyl adjacent to an activating group) is 1. The third kappa shape index (κ3) is 4.52. The van der Waals surface area contributed by atoms with Crippen molar-refractivity contribution in [2.75, 3.05) is 33.7 Å². The molecule has 1 fully saturated rings. The highest BCUT2D eigenvalue weighted by atomic mass is 32.2. The number of carbonyl (C=O) groups is 1. The van der Waals surface area contributed by atoms with Gasteiger partial charge in [-0.2, -0.15) is 17.0 Å². The van der Waals surface area contributed by atoms with E-state index in [0.717, 1.165) is 17.1 Å². The number of amides is 1. The Kier molecular flexibility index (Phi) is 5.51. The zero-order valence-electron chi connectivity index (χ0n) is 10.9. The Morgan fingerprint density at radius 1 is 1.33 bits per heavy atom. The molecule has 0 aromatic carbocycles. The molecule has 0 aromatic rings. The van der Waals surface area contributed by atoms with Crippen LogP contribution in [0.4, 0.5) is 0 Å². The summed E-state index contributed by atoms with van der Waals surface area (Å²) >= 11 is 0. The van der Waals surface area contributed by atoms with Crippen LogP contribution in [-0.2, 0) is 15.0 Å². The van der Waals surface area contributed by atoms with Crippen LogP contribution in [0.5, 0.6) is 0 Å². The number of nitrogens with two attached hydrogens (primary N) is 1. The predicted octanol–water partition coefficient (Wildman–Crippen LogP) is -1.28. The minimum atomic E-state index is -3.57. The Morgan fingerprint density at radius 3 is 2.44 bits per heavy atom. The molecule has 8 heteroatoms. The van der Waals surface area contributed by atoms with E-state index in [1.807, 2.05) is 0 Å². The molecule has 1 amide bonds. The quantitative estimate of drug-likeness (QED) is 0.578. The first-order valence-corrected chi connectivity index (χ1v) is 7.44. The van der Waals surface area contributed by atoms with Gasteiger partial charge in [-0.25, -0.2) is 0 Å². The number of carbonyl (C=O) groups excluding carboxylic acids is 1. The fourth-order valence-electron chi connectivity index (χ4n) is 1.45. The van der Waals surface area contributed by atoms with Crippen LogP contribution in [0.1, 0.15) is 19.3 Å². The summed E-state index contributed by atoms with van der Waals surface area (Å²) in [5.74, 6) is -0.254. The van der Waals surface area contributed by atoms with Gasteiger partial charge < -0.3 is 11.1 Å². The summed E-state index contributed by atoms with van der Waals surface area (Å²) < 4.78 is 26.3. The van der Waals surface area contributed by atoms with Crippen molar-refractivity contribution in [3.05, 3.63) is 0 Å². The lowest BCUT2D eigenvalue weighted by molar-refractivity contribution is -0.121. The van der Waals surface area contributed by atoms with E-state index in [1.165, 1.54) is 18.4 Å². The zero-order valence-corrected chi connectivity index (χ0v) is 11.7. The predicted molar refractivity (Wildman–Crippen MR) is 69.0 cm³/mol. The van der Waals surface area contributed by atoms with Crippen molar-refractivity contribution in [1.82, 2.24) is 13.9 Å². The van der Waals surface area contributed by atoms with Gasteiger partial charge in [-0.3, -0.25) is 4.79 Å². The Morgan fingerprint density at radius 2 is 1.94 bits per heavy atom. The van der Waals surface area contributed by atoms with Crippen molar-refractivity contribution in [3.8, 4) is 0 Å². The molecule has 18 heavy (non-hydrogen) atoms. The Hall–Kier alpha value is -0.700. The standard InChI is InChI=1S/C10H22N4O3S/c1-13(7-3-6-11)18(16,17)14(2)8-10(15)12-9-4-5-9/h9H,3-8,11H2,1-2H3,(H,12,15).